The number of carbonyl (C=O) groups is 1. The number of carbonyl (C=O) groups excluding carboxylic acids is 1. The molecule has 0 N–H and O–H groups in total. The first-order chi connectivity index (χ1) is 6.91. The minimum atomic E-state index is 0.176. The molecule has 0 aliphatic carbocycles. The summed E-state index contributed by atoms with van der Waals surface area (Å²) in [4.78, 5) is 18.0. The van der Waals surface area contributed by atoms with Crippen molar-refractivity contribution in [1.29, 1.82) is 0 Å². The van der Waals surface area contributed by atoms with Crippen LogP contribution in [0.5, 0.6) is 0 Å². The van der Waals surface area contributed by atoms with Crippen molar-refractivity contribution >= 4 is 6.47 Å². The van der Waals surface area contributed by atoms with Crippen LogP contribution in [0.4, 0.5) is 0 Å². The molecule has 0 spiro atoms. The standard InChI is InChI=1S/C10H18O4/c1-2-3-4-5-6-7-8-9-12-14-13-10-11/h2,10H,1,3-9H2. The smallest absolute Gasteiger partial charge is 0.272 e. The van der Waals surface area contributed by atoms with Crippen LogP contribution in [0.3, 0.4) is 0 Å². The maximum Gasteiger partial charge on any atom is 0.334 e. The molecule has 0 saturated heterocycles. The lowest BCUT2D eigenvalue weighted by Gasteiger charge is -2.00. The van der Waals surface area contributed by atoms with Gasteiger partial charge in [-0.3, -0.25) is 9.68 Å². The summed E-state index contributed by atoms with van der Waals surface area (Å²) in [6.07, 6.45) is 8.65. The van der Waals surface area contributed by atoms with E-state index in [1.807, 2.05) is 6.08 Å². The molecule has 14 heavy (non-hydrogen) atoms. The number of rotatable bonds is 11. The third kappa shape index (κ3) is 11.1. The van der Waals surface area contributed by atoms with E-state index in [0.29, 0.717) is 6.61 Å². The van der Waals surface area contributed by atoms with Crippen LogP contribution in [0.25, 0.3) is 0 Å². The molecule has 0 amide bonds. The van der Waals surface area contributed by atoms with Crippen molar-refractivity contribution in [2.75, 3.05) is 6.61 Å². The van der Waals surface area contributed by atoms with Crippen molar-refractivity contribution < 1.29 is 19.6 Å². The van der Waals surface area contributed by atoms with Gasteiger partial charge in [-0.1, -0.05) is 25.3 Å². The van der Waals surface area contributed by atoms with Crippen LogP contribution in [0.1, 0.15) is 38.5 Å². The molecular formula is C10H18O4. The lowest BCUT2D eigenvalue weighted by Crippen LogP contribution is -1.97. The van der Waals surface area contributed by atoms with Crippen LogP contribution in [0.2, 0.25) is 0 Å². The summed E-state index contributed by atoms with van der Waals surface area (Å²) in [7, 11) is 0. The highest BCUT2D eigenvalue weighted by atomic mass is 17.5. The fraction of sp³-hybridized carbons (Fsp3) is 0.700. The normalized spacial score (nSPS) is 9.71. The van der Waals surface area contributed by atoms with E-state index in [2.05, 4.69) is 21.4 Å². The number of unbranched alkanes of at least 4 members (excludes halogenated alkanes) is 5. The van der Waals surface area contributed by atoms with Crippen molar-refractivity contribution in [2.45, 2.75) is 38.5 Å². The summed E-state index contributed by atoms with van der Waals surface area (Å²) in [5.41, 5.74) is 0. The zero-order valence-corrected chi connectivity index (χ0v) is 8.44. The molecule has 0 aliphatic heterocycles. The number of allylic oxidation sites excluding steroid dienone is 1. The molecule has 0 unspecified atom stereocenters. The van der Waals surface area contributed by atoms with E-state index in [0.717, 1.165) is 19.3 Å². The van der Waals surface area contributed by atoms with Crippen molar-refractivity contribution in [2.24, 2.45) is 0 Å². The van der Waals surface area contributed by atoms with E-state index in [-0.39, 0.29) is 6.47 Å². The van der Waals surface area contributed by atoms with Gasteiger partial charge >= 0.3 is 6.47 Å². The molecule has 0 bridgehead atoms. The molecule has 0 aliphatic rings. The van der Waals surface area contributed by atoms with Gasteiger partial charge in [0.25, 0.3) is 0 Å². The monoisotopic (exact) mass is 202 g/mol. The Morgan fingerprint density at radius 1 is 1.07 bits per heavy atom. The van der Waals surface area contributed by atoms with Crippen LogP contribution < -0.4 is 0 Å². The molecule has 0 saturated carbocycles. The Hall–Kier alpha value is -0.870. The fourth-order valence-corrected chi connectivity index (χ4v) is 1.06. The summed E-state index contributed by atoms with van der Waals surface area (Å²) < 4.78 is 0. The van der Waals surface area contributed by atoms with E-state index in [1.165, 1.54) is 19.3 Å². The van der Waals surface area contributed by atoms with E-state index in [4.69, 9.17) is 0 Å². The van der Waals surface area contributed by atoms with Gasteiger partial charge < -0.3 is 0 Å². The molecule has 4 nitrogen and oxygen atoms in total. The molecule has 0 radical (unpaired) electrons. The average Bonchev–Trinajstić information content (AvgIpc) is 2.21. The summed E-state index contributed by atoms with van der Waals surface area (Å²) in [6, 6.07) is 0. The average molecular weight is 202 g/mol. The Bertz CT molecular complexity index is 120. The zero-order valence-electron chi connectivity index (χ0n) is 8.44. The Kier molecular flexibility index (Phi) is 11.4. The molecule has 0 fully saturated rings. The summed E-state index contributed by atoms with van der Waals surface area (Å²) in [5.74, 6) is 0. The van der Waals surface area contributed by atoms with Gasteiger partial charge in [0.2, 0.25) is 0 Å². The van der Waals surface area contributed by atoms with Crippen LogP contribution >= 0.6 is 0 Å². The van der Waals surface area contributed by atoms with Gasteiger partial charge in [-0.15, -0.1) is 6.58 Å². The van der Waals surface area contributed by atoms with Crippen LogP contribution in [0.15, 0.2) is 12.7 Å². The first kappa shape index (κ1) is 13.1. The summed E-state index contributed by atoms with van der Waals surface area (Å²) >= 11 is 0. The summed E-state index contributed by atoms with van der Waals surface area (Å²) in [5, 5.41) is 4.05. The van der Waals surface area contributed by atoms with E-state index in [1.54, 1.807) is 0 Å². The highest BCUT2D eigenvalue weighted by Gasteiger charge is 1.91. The Morgan fingerprint density at radius 3 is 2.50 bits per heavy atom. The van der Waals surface area contributed by atoms with Crippen molar-refractivity contribution in [3.63, 3.8) is 0 Å². The van der Waals surface area contributed by atoms with Gasteiger partial charge in [0, 0.05) is 0 Å². The predicted molar refractivity (Wildman–Crippen MR) is 52.1 cm³/mol. The zero-order chi connectivity index (χ0) is 10.5. The lowest BCUT2D eigenvalue weighted by atomic mass is 10.1. The van der Waals surface area contributed by atoms with Gasteiger partial charge in [-0.25, -0.2) is 0 Å². The third-order valence-corrected chi connectivity index (χ3v) is 1.76. The quantitative estimate of drug-likeness (QED) is 0.170. The van der Waals surface area contributed by atoms with Gasteiger partial charge in [0.15, 0.2) is 0 Å². The molecule has 0 heterocycles. The first-order valence-electron chi connectivity index (χ1n) is 4.91. The molecule has 82 valence electrons. The fourth-order valence-electron chi connectivity index (χ4n) is 1.06. The second kappa shape index (κ2) is 12.1. The molecular weight excluding hydrogens is 184 g/mol. The second-order valence-electron chi connectivity index (χ2n) is 2.93. The minimum absolute atomic E-state index is 0.176. The maximum atomic E-state index is 9.61. The number of hydrogen-bond donors (Lipinski definition) is 0. The molecule has 0 aromatic heterocycles. The molecule has 0 aromatic carbocycles. The Balaban J connectivity index is 2.84. The highest BCUT2D eigenvalue weighted by molar-refractivity contribution is 5.35. The topological polar surface area (TPSA) is 44.8 Å². The van der Waals surface area contributed by atoms with Crippen molar-refractivity contribution in [3.05, 3.63) is 12.7 Å². The molecule has 0 atom stereocenters. The third-order valence-electron chi connectivity index (χ3n) is 1.76. The second-order valence-corrected chi connectivity index (χ2v) is 2.93. The number of hydrogen-bond acceptors (Lipinski definition) is 4. The van der Waals surface area contributed by atoms with Gasteiger partial charge in [-0.2, -0.15) is 4.89 Å². The van der Waals surface area contributed by atoms with Crippen LogP contribution in [-0.4, -0.2) is 13.1 Å². The predicted octanol–water partition coefficient (Wildman–Crippen LogP) is 2.55. The van der Waals surface area contributed by atoms with Gasteiger partial charge in [-0.05, 0) is 24.3 Å². The van der Waals surface area contributed by atoms with Gasteiger partial charge in [0.1, 0.15) is 0 Å². The SMILES string of the molecule is C=CCCCCCCCOOOC=O. The molecule has 4 heteroatoms. The Labute approximate surface area is 84.7 Å². The van der Waals surface area contributed by atoms with Gasteiger partial charge in [0.05, 0.1) is 6.61 Å². The van der Waals surface area contributed by atoms with Crippen LogP contribution in [-0.2, 0) is 19.6 Å². The van der Waals surface area contributed by atoms with E-state index < -0.39 is 0 Å². The van der Waals surface area contributed by atoms with Crippen molar-refractivity contribution in [1.82, 2.24) is 0 Å². The van der Waals surface area contributed by atoms with E-state index >= 15 is 0 Å². The van der Waals surface area contributed by atoms with Crippen molar-refractivity contribution in [3.8, 4) is 0 Å². The van der Waals surface area contributed by atoms with Crippen LogP contribution in [0, 0.1) is 0 Å². The lowest BCUT2D eigenvalue weighted by molar-refractivity contribution is -0.481. The minimum Gasteiger partial charge on any atom is -0.272 e. The molecule has 0 aromatic rings. The van der Waals surface area contributed by atoms with E-state index in [9.17, 15) is 4.79 Å². The Morgan fingerprint density at radius 2 is 1.79 bits per heavy atom. The summed E-state index contributed by atoms with van der Waals surface area (Å²) in [6.45, 7) is 4.29. The highest BCUT2D eigenvalue weighted by Crippen LogP contribution is 2.05. The maximum absolute atomic E-state index is 9.61. The molecule has 0 rings (SSSR count). The largest absolute Gasteiger partial charge is 0.334 e. The first-order valence-corrected chi connectivity index (χ1v) is 4.91.